The third-order valence-electron chi connectivity index (χ3n) is 3.49. The van der Waals surface area contributed by atoms with Gasteiger partial charge in [-0.25, -0.2) is 0 Å². The summed E-state index contributed by atoms with van der Waals surface area (Å²) in [5.74, 6) is 1.26. The van der Waals surface area contributed by atoms with Crippen molar-refractivity contribution in [1.29, 1.82) is 0 Å². The van der Waals surface area contributed by atoms with E-state index >= 15 is 0 Å². The molecule has 0 heterocycles. The van der Waals surface area contributed by atoms with Crippen molar-refractivity contribution in [3.8, 4) is 11.5 Å². The Morgan fingerprint density at radius 1 is 1.48 bits per heavy atom. The van der Waals surface area contributed by atoms with E-state index in [1.165, 1.54) is 20.0 Å². The molecule has 0 radical (unpaired) electrons. The maximum Gasteiger partial charge on any atom is 0.258 e. The predicted molar refractivity (Wildman–Crippen MR) is 81.9 cm³/mol. The van der Waals surface area contributed by atoms with E-state index in [2.05, 4.69) is 21.2 Å². The molecule has 0 aliphatic heterocycles. The molecule has 6 heteroatoms. The van der Waals surface area contributed by atoms with Crippen molar-refractivity contribution in [2.75, 3.05) is 13.7 Å². The van der Waals surface area contributed by atoms with Gasteiger partial charge < -0.3 is 14.8 Å². The highest BCUT2D eigenvalue weighted by Crippen LogP contribution is 2.33. The van der Waals surface area contributed by atoms with Crippen LogP contribution in [0.1, 0.15) is 30.1 Å². The number of ether oxygens (including phenoxy) is 2. The quantitative estimate of drug-likeness (QED) is 0.763. The molecule has 5 nitrogen and oxygen atoms in total. The van der Waals surface area contributed by atoms with E-state index in [4.69, 9.17) is 9.47 Å². The average molecular weight is 356 g/mol. The lowest BCUT2D eigenvalue weighted by Gasteiger charge is -2.15. The Kier molecular flexibility index (Phi) is 5.22. The Morgan fingerprint density at radius 3 is 2.76 bits per heavy atom. The van der Waals surface area contributed by atoms with Crippen molar-refractivity contribution < 1.29 is 19.1 Å². The van der Waals surface area contributed by atoms with E-state index in [1.54, 1.807) is 12.1 Å². The number of rotatable bonds is 7. The predicted octanol–water partition coefficient (Wildman–Crippen LogP) is 2.56. The summed E-state index contributed by atoms with van der Waals surface area (Å²) in [5, 5.41) is 2.91. The number of benzene rings is 1. The largest absolute Gasteiger partial charge is 0.493 e. The second kappa shape index (κ2) is 6.93. The number of carbonyl (C=O) groups excluding carboxylic acids is 2. The normalized spacial score (nSPS) is 15.2. The maximum atomic E-state index is 11.8. The molecular formula is C15H18BrNO4. The molecule has 21 heavy (non-hydrogen) atoms. The van der Waals surface area contributed by atoms with Crippen LogP contribution in [-0.2, 0) is 4.79 Å². The minimum absolute atomic E-state index is 0.104. The molecule has 1 amide bonds. The minimum atomic E-state index is -0.174. The molecule has 1 atom stereocenters. The average Bonchev–Trinajstić information content (AvgIpc) is 3.30. The molecule has 0 saturated heterocycles. The molecule has 0 spiro atoms. The molecular weight excluding hydrogens is 338 g/mol. The molecule has 114 valence electrons. The number of amides is 1. The fourth-order valence-electron chi connectivity index (χ4n) is 2.07. The van der Waals surface area contributed by atoms with Gasteiger partial charge in [-0.1, -0.05) is 0 Å². The van der Waals surface area contributed by atoms with Gasteiger partial charge in [0.1, 0.15) is 0 Å². The van der Waals surface area contributed by atoms with Crippen molar-refractivity contribution >= 4 is 28.1 Å². The molecule has 1 saturated carbocycles. The summed E-state index contributed by atoms with van der Waals surface area (Å²) >= 11 is 3.27. The first-order valence-corrected chi connectivity index (χ1v) is 7.59. The van der Waals surface area contributed by atoms with Gasteiger partial charge in [-0.15, -0.1) is 0 Å². The van der Waals surface area contributed by atoms with Gasteiger partial charge in [0.15, 0.2) is 24.4 Å². The summed E-state index contributed by atoms with van der Waals surface area (Å²) in [7, 11) is 1.50. The van der Waals surface area contributed by atoms with Gasteiger partial charge in [0.25, 0.3) is 5.91 Å². The topological polar surface area (TPSA) is 64.6 Å². The highest BCUT2D eigenvalue weighted by atomic mass is 79.9. The zero-order valence-corrected chi connectivity index (χ0v) is 13.6. The number of halogens is 1. The molecule has 1 aliphatic carbocycles. The molecule has 1 aromatic carbocycles. The van der Waals surface area contributed by atoms with Crippen LogP contribution in [0.3, 0.4) is 0 Å². The van der Waals surface area contributed by atoms with Crippen LogP contribution in [-0.4, -0.2) is 32.0 Å². The Hall–Kier alpha value is -1.56. The van der Waals surface area contributed by atoms with Crippen LogP contribution in [0.15, 0.2) is 16.6 Å². The van der Waals surface area contributed by atoms with E-state index in [0.717, 1.165) is 0 Å². The first-order chi connectivity index (χ1) is 10.0. The van der Waals surface area contributed by atoms with E-state index in [0.29, 0.717) is 33.7 Å². The Bertz CT molecular complexity index is 543. The van der Waals surface area contributed by atoms with E-state index in [9.17, 15) is 9.59 Å². The third-order valence-corrected chi connectivity index (χ3v) is 4.17. The molecule has 1 aromatic rings. The Balaban J connectivity index is 1.97. The lowest BCUT2D eigenvalue weighted by molar-refractivity contribution is -0.123. The summed E-state index contributed by atoms with van der Waals surface area (Å²) in [6, 6.07) is 3.37. The Morgan fingerprint density at radius 2 is 2.19 bits per heavy atom. The molecule has 2 rings (SSSR count). The van der Waals surface area contributed by atoms with Crippen LogP contribution in [0, 0.1) is 5.92 Å². The van der Waals surface area contributed by atoms with Gasteiger partial charge in [0, 0.05) is 16.1 Å². The van der Waals surface area contributed by atoms with Crippen LogP contribution < -0.4 is 14.8 Å². The highest BCUT2D eigenvalue weighted by Gasteiger charge is 2.28. The molecule has 0 aromatic heterocycles. The second-order valence-electron chi connectivity index (χ2n) is 5.12. The van der Waals surface area contributed by atoms with Crippen LogP contribution in [0.5, 0.6) is 11.5 Å². The summed E-state index contributed by atoms with van der Waals surface area (Å²) in [4.78, 5) is 22.8. The maximum absolute atomic E-state index is 11.8. The number of aldehydes is 1. The summed E-state index contributed by atoms with van der Waals surface area (Å²) in [6.07, 6.45) is 3.06. The smallest absolute Gasteiger partial charge is 0.258 e. The number of hydrogen-bond donors (Lipinski definition) is 1. The van der Waals surface area contributed by atoms with E-state index in [-0.39, 0.29) is 18.6 Å². The standard InChI is InChI=1S/C15H18BrNO4/c1-9(10-3-4-10)17-15(19)8-21-14-5-11(7-18)12(16)6-13(14)20-2/h5-7,9-10H,3-4,8H2,1-2H3,(H,17,19)/t9-/m0/s1. The van der Waals surface area contributed by atoms with Gasteiger partial charge >= 0.3 is 0 Å². The first-order valence-electron chi connectivity index (χ1n) is 6.80. The lowest BCUT2D eigenvalue weighted by Crippen LogP contribution is -2.37. The summed E-state index contributed by atoms with van der Waals surface area (Å²) in [6.45, 7) is 1.90. The summed E-state index contributed by atoms with van der Waals surface area (Å²) < 4.78 is 11.3. The fraction of sp³-hybridized carbons (Fsp3) is 0.467. The van der Waals surface area contributed by atoms with Crippen molar-refractivity contribution in [3.05, 3.63) is 22.2 Å². The van der Waals surface area contributed by atoms with Gasteiger partial charge in [-0.05, 0) is 53.7 Å². The van der Waals surface area contributed by atoms with Gasteiger partial charge in [-0.3, -0.25) is 9.59 Å². The first kappa shape index (κ1) is 15.8. The number of carbonyl (C=O) groups is 2. The van der Waals surface area contributed by atoms with Gasteiger partial charge in [0.05, 0.1) is 7.11 Å². The minimum Gasteiger partial charge on any atom is -0.493 e. The lowest BCUT2D eigenvalue weighted by atomic mass is 10.2. The van der Waals surface area contributed by atoms with Crippen LogP contribution in [0.25, 0.3) is 0 Å². The van der Waals surface area contributed by atoms with E-state index in [1.807, 2.05) is 6.92 Å². The number of methoxy groups -OCH3 is 1. The zero-order valence-electron chi connectivity index (χ0n) is 12.0. The van der Waals surface area contributed by atoms with Crippen LogP contribution in [0.4, 0.5) is 0 Å². The van der Waals surface area contributed by atoms with Crippen LogP contribution in [0.2, 0.25) is 0 Å². The number of nitrogens with one attached hydrogen (secondary N) is 1. The molecule has 1 fully saturated rings. The summed E-state index contributed by atoms with van der Waals surface area (Å²) in [5.41, 5.74) is 0.442. The SMILES string of the molecule is COc1cc(Br)c(C=O)cc1OCC(=O)N[C@@H](C)C1CC1. The number of hydrogen-bond acceptors (Lipinski definition) is 4. The van der Waals surface area contributed by atoms with Crippen molar-refractivity contribution in [3.63, 3.8) is 0 Å². The highest BCUT2D eigenvalue weighted by molar-refractivity contribution is 9.10. The van der Waals surface area contributed by atoms with Crippen molar-refractivity contribution in [1.82, 2.24) is 5.32 Å². The van der Waals surface area contributed by atoms with Crippen molar-refractivity contribution in [2.24, 2.45) is 5.92 Å². The molecule has 0 unspecified atom stereocenters. The van der Waals surface area contributed by atoms with Crippen molar-refractivity contribution in [2.45, 2.75) is 25.8 Å². The second-order valence-corrected chi connectivity index (χ2v) is 5.98. The molecule has 1 aliphatic rings. The Labute approximate surface area is 132 Å². The van der Waals surface area contributed by atoms with E-state index < -0.39 is 0 Å². The van der Waals surface area contributed by atoms with Gasteiger partial charge in [0.2, 0.25) is 0 Å². The molecule has 0 bridgehead atoms. The molecule has 1 N–H and O–H groups in total. The van der Waals surface area contributed by atoms with Gasteiger partial charge in [-0.2, -0.15) is 0 Å². The van der Waals surface area contributed by atoms with Crippen LogP contribution >= 0.6 is 15.9 Å². The fourth-order valence-corrected chi connectivity index (χ4v) is 2.48. The monoisotopic (exact) mass is 355 g/mol. The third kappa shape index (κ3) is 4.20. The zero-order chi connectivity index (χ0) is 15.4.